The summed E-state index contributed by atoms with van der Waals surface area (Å²) in [7, 11) is 0. The standard InChI is InChI=1S/C43H58F2N2O13.C41H54FNO13/c1-22-27(55-37(51)31(49)26(17-44)46-38(52)60-39(3,4)5)16-43(53)35(58-36(50)24-12-10-9-11-13-24)33-41(8,15-14-28-42(33,21-54-28)59-23(2)48)34-32(30(22)40(43,6)7)56-29(57-34)20-47-18-25(45)19-47;1-10-27-52-30-28-21(2)25(51-35(47)29(45)24(19-42)43-36(48)56-37(4,5)6)18-41(49,38(28,7)8)33(54-34(46)23-14-12-11-13-15-23)31-39(9,32(30)53-27)17-16-26-40(31,20-50-26)55-22(3)44/h9-13,25-29,31-35,49,53H,14-21H2,1-8H3,(H,46,52);10-15,24-27,29-33,45,49H,1,16-20H2,2-9H3,(H,43,48)/t26-,27-,28+,29+,31+,32+,33-,34+,35-,41+,42-,43+;24-,25-,26+,27+,29+,30+,31-,32+,33-,39+,40-,41+/m00/s1. The van der Waals surface area contributed by atoms with Crippen LogP contribution in [0.4, 0.5) is 22.8 Å². The molecule has 4 saturated carbocycles. The molecule has 640 valence electrons. The number of amides is 2. The zero-order chi connectivity index (χ0) is 84.9. The quantitative estimate of drug-likeness (QED) is 0.0441. The number of alkyl halides is 3. The number of esters is 6. The van der Waals surface area contributed by atoms with E-state index in [1.54, 1.807) is 144 Å². The molecule has 0 unspecified atom stereocenters. The van der Waals surface area contributed by atoms with Crippen LogP contribution in [0.3, 0.4) is 0 Å². The highest BCUT2D eigenvalue weighted by molar-refractivity contribution is 5.90. The minimum Gasteiger partial charge on any atom is -0.456 e. The fraction of sp³-hybridized carbons (Fsp3) is 0.690. The first-order valence-corrected chi connectivity index (χ1v) is 39.7. The monoisotopic (exact) mass is 1640 g/mol. The summed E-state index contributed by atoms with van der Waals surface area (Å²) >= 11 is 0. The molecule has 9 fully saturated rings. The number of aliphatic hydroxyl groups excluding tert-OH is 2. The SMILES string of the molecule is C=C[C@@H]1O[C@@H]2C3=C(C)[C@@H](OC(=O)[C@H](O)[C@H](CF)NC(=O)OC(C)(C)C)C[C@@](O)([C@@H](OC(=O)c4ccccc4)[C@H]4[C@@](C)(CC[C@H]5OC[C@]54OC(C)=O)[C@@H]2O1)C3(C)C.CC(=O)O[C@@]12CO[C@@H]1CC[C@@]1(C)[C@@H]3O[C@H](CN4CC(F)C4)O[C@@H]3C3=C(C)[C@@H](OC(=O)[C@H](O)[C@H](CF)NC(=O)OC(C)(C)C)C[C@@](O)([C@@H](OC(=O)c4ccccc4)[C@@H]12)C3(C)C. The molecule has 6 N–H and O–H groups in total. The van der Waals surface area contributed by atoms with Gasteiger partial charge in [-0.15, -0.1) is 0 Å². The fourth-order valence-corrected chi connectivity index (χ4v) is 20.5. The van der Waals surface area contributed by atoms with Crippen LogP contribution < -0.4 is 10.6 Å². The maximum Gasteiger partial charge on any atom is 0.408 e. The largest absolute Gasteiger partial charge is 0.456 e. The highest BCUT2D eigenvalue weighted by Gasteiger charge is 2.80. The molecule has 24 atom stereocenters. The van der Waals surface area contributed by atoms with E-state index in [1.165, 1.54) is 19.9 Å². The van der Waals surface area contributed by atoms with Gasteiger partial charge in [0.15, 0.2) is 36.0 Å². The predicted molar refractivity (Wildman–Crippen MR) is 402 cm³/mol. The third kappa shape index (κ3) is 15.7. The van der Waals surface area contributed by atoms with Crippen molar-refractivity contribution in [2.45, 2.75) is 287 Å². The molecule has 5 saturated heterocycles. The molecule has 5 aliphatic heterocycles. The van der Waals surface area contributed by atoms with Gasteiger partial charge in [-0.3, -0.25) is 14.5 Å². The number of nitrogens with one attached hydrogen (secondary N) is 2. The Balaban J connectivity index is 0.000000214. The summed E-state index contributed by atoms with van der Waals surface area (Å²) in [6.07, 6.45) is -17.2. The zero-order valence-electron chi connectivity index (χ0n) is 68.6. The molecule has 2 aromatic rings. The second kappa shape index (κ2) is 32.2. The van der Waals surface area contributed by atoms with Gasteiger partial charge >= 0.3 is 48.0 Å². The maximum atomic E-state index is 14.4. The number of hydrogen-bond acceptors (Lipinski definition) is 27. The van der Waals surface area contributed by atoms with Gasteiger partial charge in [-0.2, -0.15) is 0 Å². The first kappa shape index (κ1) is 87.7. The third-order valence-electron chi connectivity index (χ3n) is 26.1. The Labute approximate surface area is 672 Å². The summed E-state index contributed by atoms with van der Waals surface area (Å²) in [5, 5.41) is 53.9. The molecule has 13 rings (SSSR count). The lowest BCUT2D eigenvalue weighted by atomic mass is 9.45. The van der Waals surface area contributed by atoms with Crippen molar-refractivity contribution in [1.82, 2.24) is 15.5 Å². The first-order chi connectivity index (χ1) is 54.2. The van der Waals surface area contributed by atoms with Gasteiger partial charge < -0.3 is 97.4 Å². The number of nitrogens with zero attached hydrogens (tertiary/aromatic N) is 1. The second-order valence-electron chi connectivity index (χ2n) is 36.5. The van der Waals surface area contributed by atoms with Crippen LogP contribution in [0.1, 0.15) is 170 Å². The number of halogens is 3. The Morgan fingerprint density at radius 2 is 0.983 bits per heavy atom. The number of carbonyl (C=O) groups is 8. The van der Waals surface area contributed by atoms with Crippen LogP contribution in [0, 0.1) is 33.5 Å². The van der Waals surface area contributed by atoms with E-state index in [9.17, 15) is 72.0 Å². The molecule has 116 heavy (non-hydrogen) atoms. The summed E-state index contributed by atoms with van der Waals surface area (Å²) in [5.74, 6) is -7.34. The summed E-state index contributed by atoms with van der Waals surface area (Å²) in [5.41, 5.74) is -11.4. The van der Waals surface area contributed by atoms with E-state index < -0.39 is 239 Å². The van der Waals surface area contributed by atoms with Crippen molar-refractivity contribution in [3.05, 3.63) is 107 Å². The van der Waals surface area contributed by atoms with Crippen LogP contribution in [0.2, 0.25) is 0 Å². The van der Waals surface area contributed by atoms with Gasteiger partial charge in [0, 0.05) is 68.0 Å². The van der Waals surface area contributed by atoms with E-state index in [2.05, 4.69) is 17.2 Å². The van der Waals surface area contributed by atoms with E-state index in [4.69, 9.17) is 66.3 Å². The second-order valence-corrected chi connectivity index (χ2v) is 36.5. The average Bonchev–Trinajstić information content (AvgIpc) is 1.16. The molecule has 0 radical (unpaired) electrons. The number of likely N-dealkylation sites (tertiary alicyclic amines) is 1. The van der Waals surface area contributed by atoms with Crippen LogP contribution in [-0.4, -0.2) is 257 Å². The minimum atomic E-state index is -2.21. The molecule has 2 amide bonds. The van der Waals surface area contributed by atoms with Gasteiger partial charge in [0.25, 0.3) is 0 Å². The molecule has 2 aromatic carbocycles. The molecular weight excluding hydrogens is 1520 g/mol. The molecule has 6 aliphatic carbocycles. The lowest BCUT2D eigenvalue weighted by Gasteiger charge is -2.68. The van der Waals surface area contributed by atoms with Gasteiger partial charge in [0.1, 0.15) is 90.8 Å². The summed E-state index contributed by atoms with van der Waals surface area (Å²) in [4.78, 5) is 109. The lowest BCUT2D eigenvalue weighted by Crippen LogP contribution is -2.79. The number of aliphatic hydroxyl groups is 4. The lowest BCUT2D eigenvalue weighted by molar-refractivity contribution is -0.345. The summed E-state index contributed by atoms with van der Waals surface area (Å²) < 4.78 is 130. The summed E-state index contributed by atoms with van der Waals surface area (Å²) in [6.45, 7) is 28.2. The third-order valence-corrected chi connectivity index (χ3v) is 26.1. The normalized spacial score (nSPS) is 36.9. The van der Waals surface area contributed by atoms with Crippen molar-refractivity contribution in [2.24, 2.45) is 33.5 Å². The molecule has 5 heterocycles. The van der Waals surface area contributed by atoms with Crippen LogP contribution >= 0.6 is 0 Å². The fourth-order valence-electron chi connectivity index (χ4n) is 20.5. The van der Waals surface area contributed by atoms with Crippen molar-refractivity contribution in [3.63, 3.8) is 0 Å². The van der Waals surface area contributed by atoms with Crippen LogP contribution in [-0.2, 0) is 85.5 Å². The number of hydrogen-bond donors (Lipinski definition) is 6. The van der Waals surface area contributed by atoms with Crippen molar-refractivity contribution >= 4 is 48.0 Å². The highest BCUT2D eigenvalue weighted by Crippen LogP contribution is 2.69. The zero-order valence-corrected chi connectivity index (χ0v) is 68.6. The molecule has 11 aliphatic rings. The van der Waals surface area contributed by atoms with Crippen molar-refractivity contribution < 1.29 is 138 Å². The smallest absolute Gasteiger partial charge is 0.408 e. The number of ether oxygens (including phenoxy) is 14. The number of benzene rings is 2. The van der Waals surface area contributed by atoms with E-state index in [0.29, 0.717) is 48.0 Å². The highest BCUT2D eigenvalue weighted by atomic mass is 19.1. The minimum absolute atomic E-state index is 0.0574. The number of alkyl carbamates (subject to hydrolysis) is 2. The molecule has 0 spiro atoms. The van der Waals surface area contributed by atoms with E-state index in [-0.39, 0.29) is 50.4 Å². The Morgan fingerprint density at radius 1 is 0.595 bits per heavy atom. The molecule has 0 aromatic heterocycles. The Hall–Kier alpha value is -7.63. The Bertz CT molecular complexity index is 4150. The molecule has 29 nitrogen and oxygen atoms in total. The van der Waals surface area contributed by atoms with Gasteiger partial charge in [-0.25, -0.2) is 41.9 Å². The Kier molecular flexibility index (Phi) is 24.3. The van der Waals surface area contributed by atoms with Crippen molar-refractivity contribution in [3.8, 4) is 0 Å². The van der Waals surface area contributed by atoms with E-state index in [1.807, 2.05) is 18.7 Å². The number of carbonyl (C=O) groups excluding carboxylic acids is 8. The number of fused-ring (bicyclic) bond motifs is 16. The predicted octanol–water partition coefficient (Wildman–Crippen LogP) is 7.97. The van der Waals surface area contributed by atoms with Crippen molar-refractivity contribution in [1.29, 1.82) is 0 Å². The molecule has 32 heteroatoms. The number of rotatable bonds is 19. The van der Waals surface area contributed by atoms with Crippen LogP contribution in [0.25, 0.3) is 0 Å². The topological polar surface area (TPSA) is 374 Å². The molecule has 4 bridgehead atoms. The first-order valence-electron chi connectivity index (χ1n) is 39.7. The van der Waals surface area contributed by atoms with Crippen molar-refractivity contribution in [2.75, 3.05) is 46.2 Å². The van der Waals surface area contributed by atoms with Crippen LogP contribution in [0.5, 0.6) is 0 Å². The average molecular weight is 1640 g/mol. The van der Waals surface area contributed by atoms with Crippen LogP contribution in [0.15, 0.2) is 95.6 Å². The molecular formula is C84H112F3N3O26. The van der Waals surface area contributed by atoms with E-state index in [0.717, 1.165) is 0 Å². The van der Waals surface area contributed by atoms with Gasteiger partial charge in [-0.05, 0) is 134 Å². The van der Waals surface area contributed by atoms with Gasteiger partial charge in [0.2, 0.25) is 0 Å². The van der Waals surface area contributed by atoms with Gasteiger partial charge in [-0.1, -0.05) is 84.5 Å². The van der Waals surface area contributed by atoms with E-state index >= 15 is 0 Å². The maximum absolute atomic E-state index is 14.4. The summed E-state index contributed by atoms with van der Waals surface area (Å²) in [6, 6.07) is 13.0. The Morgan fingerprint density at radius 3 is 1.33 bits per heavy atom. The van der Waals surface area contributed by atoms with Gasteiger partial charge in [0.05, 0.1) is 60.5 Å².